The monoisotopic (exact) mass is 1030 g/mol. The van der Waals surface area contributed by atoms with E-state index in [9.17, 15) is 36.6 Å². The van der Waals surface area contributed by atoms with Crippen LogP contribution in [0.3, 0.4) is 0 Å². The van der Waals surface area contributed by atoms with Gasteiger partial charge >= 0.3 is 39.6 Å². The first kappa shape index (κ1) is 57.3. The Morgan fingerprint density at radius 3 is 1.68 bits per heavy atom. The van der Waals surface area contributed by atoms with E-state index in [1.54, 1.807) is 62.4 Å². The zero-order valence-corrected chi connectivity index (χ0v) is 43.3. The third-order valence-corrected chi connectivity index (χ3v) is 12.4. The van der Waals surface area contributed by atoms with Crippen molar-refractivity contribution in [2.75, 3.05) is 26.3 Å². The number of benzene rings is 4. The minimum absolute atomic E-state index is 0. The van der Waals surface area contributed by atoms with Crippen LogP contribution in [-0.2, 0) is 46.3 Å². The number of hydrogen-bond donors (Lipinski definition) is 5. The number of H-pyrrole nitrogens is 2. The van der Waals surface area contributed by atoms with E-state index < -0.39 is 36.9 Å². The number of hydrogen-bond acceptors (Lipinski definition) is 14. The molecule has 6 N–H and O–H groups in total. The number of quaternary nitrogens is 1. The predicted octanol–water partition coefficient (Wildman–Crippen LogP) is 2.72. The average molecular weight is 1030 g/mol. The number of nitrogens with two attached hydrogens (primary N) is 1. The number of rotatable bonds is 20. The summed E-state index contributed by atoms with van der Waals surface area (Å²) in [4.78, 5) is 25.3. The molecule has 0 saturated carbocycles. The molecule has 20 nitrogen and oxygen atoms in total. The Labute approximate surface area is 426 Å². The van der Waals surface area contributed by atoms with Gasteiger partial charge in [-0.2, -0.15) is 13.5 Å². The van der Waals surface area contributed by atoms with Crippen molar-refractivity contribution in [2.45, 2.75) is 76.4 Å². The topological polar surface area (TPSA) is 284 Å². The van der Waals surface area contributed by atoms with Crippen LogP contribution in [0.5, 0.6) is 11.5 Å². The van der Waals surface area contributed by atoms with Crippen LogP contribution in [-0.4, -0.2) is 80.0 Å². The minimum Gasteiger partial charge on any atom is -0.871 e. The minimum atomic E-state index is -3.85. The van der Waals surface area contributed by atoms with Crippen molar-refractivity contribution in [3.8, 4) is 22.9 Å². The van der Waals surface area contributed by atoms with Crippen LogP contribution in [0.2, 0.25) is 0 Å². The number of nitrogens with zero attached hydrogens (tertiary/aromatic N) is 6. The number of phenols is 1. The van der Waals surface area contributed by atoms with Crippen LogP contribution in [0.4, 0.5) is 22.7 Å². The van der Waals surface area contributed by atoms with E-state index in [0.29, 0.717) is 55.4 Å². The predicted molar refractivity (Wildman–Crippen MR) is 245 cm³/mol. The molecule has 0 amide bonds. The number of aryl methyl sites for hydroxylation is 2. The molecule has 2 aromatic heterocycles. The second-order valence-electron chi connectivity index (χ2n) is 15.2. The Balaban J connectivity index is 0.000000350. The Hall–Kier alpha value is -5.05. The number of primary sulfonamides is 1. The summed E-state index contributed by atoms with van der Waals surface area (Å²) in [6.07, 6.45) is 1.23. The van der Waals surface area contributed by atoms with Crippen LogP contribution in [0.25, 0.3) is 11.4 Å². The molecule has 1 radical (unpaired) electrons. The maximum Gasteiger partial charge on any atom is 1.00 e. The Kier molecular flexibility index (Phi) is 22.4. The molecular weight excluding hydrogens is 975 g/mol. The summed E-state index contributed by atoms with van der Waals surface area (Å²) in [7, 11) is -7.55. The van der Waals surface area contributed by atoms with Gasteiger partial charge < -0.3 is 19.7 Å². The average Bonchev–Trinajstić information content (AvgIpc) is 3.74. The molecule has 0 spiro atoms. The van der Waals surface area contributed by atoms with Crippen LogP contribution in [0.15, 0.2) is 137 Å². The third-order valence-electron chi connectivity index (χ3n) is 9.34. The summed E-state index contributed by atoms with van der Waals surface area (Å²) >= 11 is 0. The first-order valence-corrected chi connectivity index (χ1v) is 23.9. The van der Waals surface area contributed by atoms with Crippen molar-refractivity contribution in [1.29, 1.82) is 0 Å². The quantitative estimate of drug-likeness (QED) is 0.0424. The summed E-state index contributed by atoms with van der Waals surface area (Å²) < 4.78 is 67.5. The van der Waals surface area contributed by atoms with Gasteiger partial charge in [-0.25, -0.2) is 27.2 Å². The van der Waals surface area contributed by atoms with Crippen LogP contribution >= 0.6 is 0 Å². The first-order chi connectivity index (χ1) is 31.4. The number of phenolic OH excluding ortho intramolecular Hbond substituents is 1. The molecule has 0 bridgehead atoms. The summed E-state index contributed by atoms with van der Waals surface area (Å²) in [6, 6.07) is 25.1. The van der Waals surface area contributed by atoms with Gasteiger partial charge in [0.2, 0.25) is 10.0 Å². The van der Waals surface area contributed by atoms with E-state index in [1.807, 2.05) is 39.8 Å². The van der Waals surface area contributed by atoms with E-state index in [4.69, 9.17) is 9.47 Å². The van der Waals surface area contributed by atoms with Gasteiger partial charge in [0.15, 0.2) is 11.4 Å². The van der Waals surface area contributed by atoms with Crippen LogP contribution in [0, 0.1) is 13.8 Å². The maximum absolute atomic E-state index is 12.7. The fraction of sp³-hybridized carbons (Fsp3) is 0.318. The number of ether oxygens (including phenoxy) is 2. The number of nitrogens with one attached hydrogen (secondary N) is 3. The van der Waals surface area contributed by atoms with Gasteiger partial charge in [-0.1, -0.05) is 48.2 Å². The smallest absolute Gasteiger partial charge is 0.871 e. The third kappa shape index (κ3) is 16.0. The van der Waals surface area contributed by atoms with Gasteiger partial charge in [-0.05, 0) is 103 Å². The number of azo groups is 2. The van der Waals surface area contributed by atoms with Crippen molar-refractivity contribution in [2.24, 2.45) is 20.5 Å². The van der Waals surface area contributed by atoms with Gasteiger partial charge in [-0.15, -0.1) is 15.3 Å². The van der Waals surface area contributed by atoms with Crippen LogP contribution < -0.4 is 55.2 Å². The van der Waals surface area contributed by atoms with Crippen molar-refractivity contribution >= 4 is 42.8 Å². The summed E-state index contributed by atoms with van der Waals surface area (Å²) in [6.45, 7) is 12.4. The number of sulfonamides is 2. The fourth-order valence-corrected chi connectivity index (χ4v) is 8.25. The van der Waals surface area contributed by atoms with Crippen molar-refractivity contribution in [3.63, 3.8) is 0 Å². The SMILES string of the molecule is Cc1[nH]n(-c2ccccc2)c(=O)c1N=Nc1cc(S(=O)(=O)NCCCOC(C)C)ccc1[O-].Cc1[nH]n(-c2ccccc2)c(=O)c1N=Nc1cc(S(=O)(=O)[NH2+]CCCOC(C)C)ccc1O.[Co].[Na+]. The molecule has 24 heteroatoms. The molecule has 0 unspecified atom stereocenters. The van der Waals surface area contributed by atoms with E-state index in [2.05, 4.69) is 35.4 Å². The van der Waals surface area contributed by atoms with Crippen molar-refractivity contribution < 1.29 is 87.6 Å². The Morgan fingerprint density at radius 1 is 0.691 bits per heavy atom. The number of aromatic nitrogens is 4. The Morgan fingerprint density at radius 2 is 1.16 bits per heavy atom. The van der Waals surface area contributed by atoms with Gasteiger partial charge in [0.1, 0.15) is 16.3 Å². The Bertz CT molecular complexity index is 2780. The van der Waals surface area contributed by atoms with E-state index in [0.717, 1.165) is 12.1 Å². The molecule has 6 aromatic rings. The second-order valence-corrected chi connectivity index (χ2v) is 18.9. The van der Waals surface area contributed by atoms with Crippen LogP contribution in [0.1, 0.15) is 51.9 Å². The largest absolute Gasteiger partial charge is 1.00 e. The molecule has 68 heavy (non-hydrogen) atoms. The zero-order chi connectivity index (χ0) is 48.0. The van der Waals surface area contributed by atoms with E-state index in [1.165, 1.54) is 38.4 Å². The molecule has 361 valence electrons. The van der Waals surface area contributed by atoms with Crippen molar-refractivity contribution in [1.82, 2.24) is 24.3 Å². The van der Waals surface area contributed by atoms with Gasteiger partial charge in [0.25, 0.3) is 11.1 Å². The molecule has 0 atom stereocenters. The summed E-state index contributed by atoms with van der Waals surface area (Å²) in [5.74, 6) is -0.765. The van der Waals surface area contributed by atoms with Gasteiger partial charge in [-0.3, -0.25) is 19.8 Å². The first-order valence-electron chi connectivity index (χ1n) is 20.9. The molecule has 0 aliphatic rings. The van der Waals surface area contributed by atoms with Gasteiger partial charge in [0.05, 0.1) is 58.7 Å². The molecule has 0 fully saturated rings. The van der Waals surface area contributed by atoms with E-state index >= 15 is 0 Å². The normalized spacial score (nSPS) is 11.8. The standard InChI is InChI=1S/2C22H27N5O5S.Co.Na/c2*1-15(2)32-13-7-12-23-33(30,31)18-10-11-20(28)19(14-18)24-25-21-16(3)26-27(22(21)29)17-8-5-4-6-9-17;;/h2*4-6,8-11,14-15,23,26,28H,7,12-13H2,1-3H3;;/q;;;+1. The number of aromatic amines is 2. The number of para-hydroxylation sites is 2. The number of aromatic hydroxyl groups is 1. The molecule has 0 aliphatic heterocycles. The summed E-state index contributed by atoms with van der Waals surface area (Å²) in [5, 5.41) is 43.9. The molecular formula is C44H54CoN10NaO10S2+. The van der Waals surface area contributed by atoms with Crippen molar-refractivity contribution in [3.05, 3.63) is 129 Å². The molecule has 0 aliphatic carbocycles. The zero-order valence-electron chi connectivity index (χ0n) is 38.7. The van der Waals surface area contributed by atoms with E-state index in [-0.39, 0.29) is 103 Å². The fourth-order valence-electron chi connectivity index (χ4n) is 5.96. The van der Waals surface area contributed by atoms with Gasteiger partial charge in [0, 0.05) is 36.4 Å². The molecule has 6 rings (SSSR count). The molecule has 2 heterocycles. The summed E-state index contributed by atoms with van der Waals surface area (Å²) in [5.41, 5.74) is 1.17. The molecule has 4 aromatic carbocycles. The molecule has 0 saturated heterocycles. The second kappa shape index (κ2) is 26.6. The maximum atomic E-state index is 12.7.